The summed E-state index contributed by atoms with van der Waals surface area (Å²) in [5.74, 6) is 2.89. The van der Waals surface area contributed by atoms with Gasteiger partial charge in [0.15, 0.2) is 0 Å². The fraction of sp³-hybridized carbons (Fsp3) is 0.667. The van der Waals surface area contributed by atoms with E-state index in [-0.39, 0.29) is 5.56 Å². The Bertz CT molecular complexity index is 450. The van der Waals surface area contributed by atoms with Crippen LogP contribution in [0.25, 0.3) is 0 Å². The lowest BCUT2D eigenvalue weighted by Crippen LogP contribution is -2.14. The van der Waals surface area contributed by atoms with Crippen molar-refractivity contribution >= 4 is 5.82 Å². The van der Waals surface area contributed by atoms with Gasteiger partial charge < -0.3 is 10.3 Å². The van der Waals surface area contributed by atoms with Gasteiger partial charge in [-0.05, 0) is 25.2 Å². The molecule has 1 heterocycles. The van der Waals surface area contributed by atoms with Gasteiger partial charge in [-0.3, -0.25) is 4.79 Å². The molecule has 0 bridgehead atoms. The maximum absolute atomic E-state index is 11.5. The monoisotopic (exact) mass is 219 g/mol. The largest absolute Gasteiger partial charge is 0.367 e. The van der Waals surface area contributed by atoms with Gasteiger partial charge >= 0.3 is 0 Å². The molecule has 0 aliphatic heterocycles. The third-order valence-corrected chi connectivity index (χ3v) is 3.50. The molecule has 1 aromatic heterocycles. The van der Waals surface area contributed by atoms with Gasteiger partial charge in [-0.2, -0.15) is 0 Å². The summed E-state index contributed by atoms with van der Waals surface area (Å²) >= 11 is 0. The number of rotatable bonds is 4. The Balaban J connectivity index is 1.76. The Hall–Kier alpha value is -1.32. The molecule has 0 saturated heterocycles. The average Bonchev–Trinajstić information content (AvgIpc) is 3.12. The van der Waals surface area contributed by atoms with Crippen LogP contribution < -0.4 is 10.9 Å². The summed E-state index contributed by atoms with van der Waals surface area (Å²) in [5.41, 5.74) is -0.0342. The first-order valence-electron chi connectivity index (χ1n) is 6.14. The topological polar surface area (TPSA) is 57.8 Å². The number of H-pyrrole nitrogens is 1. The number of anilines is 1. The van der Waals surface area contributed by atoms with E-state index < -0.39 is 0 Å². The Morgan fingerprint density at radius 3 is 3.00 bits per heavy atom. The lowest BCUT2D eigenvalue weighted by Gasteiger charge is -2.05. The van der Waals surface area contributed by atoms with E-state index in [1.165, 1.54) is 12.8 Å². The van der Waals surface area contributed by atoms with Crippen LogP contribution in [-0.4, -0.2) is 16.0 Å². The Morgan fingerprint density at radius 1 is 1.56 bits per heavy atom. The standard InChI is InChI=1S/C12H17N3O/c1-2-7-5-9(7)13-10-6-11(16)15-12(14-10)8-3-4-8/h6-9H,2-5H2,1H3,(H2,13,14,15,16). The first kappa shape index (κ1) is 9.87. The van der Waals surface area contributed by atoms with Crippen LogP contribution in [-0.2, 0) is 0 Å². The zero-order valence-corrected chi connectivity index (χ0v) is 9.49. The van der Waals surface area contributed by atoms with Gasteiger partial charge in [-0.15, -0.1) is 0 Å². The van der Waals surface area contributed by atoms with Gasteiger partial charge in [0.05, 0.1) is 0 Å². The number of hydrogen-bond acceptors (Lipinski definition) is 3. The fourth-order valence-corrected chi connectivity index (χ4v) is 2.17. The number of nitrogens with zero attached hydrogens (tertiary/aromatic N) is 1. The van der Waals surface area contributed by atoms with Crippen molar-refractivity contribution in [2.24, 2.45) is 5.92 Å². The average molecular weight is 219 g/mol. The molecule has 0 radical (unpaired) electrons. The van der Waals surface area contributed by atoms with Gasteiger partial charge in [0.1, 0.15) is 11.6 Å². The number of aromatic amines is 1. The van der Waals surface area contributed by atoms with E-state index in [1.807, 2.05) is 0 Å². The maximum Gasteiger partial charge on any atom is 0.252 e. The normalized spacial score (nSPS) is 27.8. The summed E-state index contributed by atoms with van der Waals surface area (Å²) in [5, 5.41) is 3.35. The van der Waals surface area contributed by atoms with E-state index in [1.54, 1.807) is 6.07 Å². The van der Waals surface area contributed by atoms with E-state index >= 15 is 0 Å². The summed E-state index contributed by atoms with van der Waals surface area (Å²) < 4.78 is 0. The molecule has 2 aliphatic rings. The van der Waals surface area contributed by atoms with Gasteiger partial charge in [0, 0.05) is 18.0 Å². The maximum atomic E-state index is 11.5. The molecule has 16 heavy (non-hydrogen) atoms. The Morgan fingerprint density at radius 2 is 2.38 bits per heavy atom. The van der Waals surface area contributed by atoms with Crippen molar-refractivity contribution in [3.63, 3.8) is 0 Å². The van der Waals surface area contributed by atoms with Crippen molar-refractivity contribution in [3.8, 4) is 0 Å². The van der Waals surface area contributed by atoms with E-state index in [9.17, 15) is 4.79 Å². The van der Waals surface area contributed by atoms with E-state index in [0.29, 0.717) is 12.0 Å². The highest BCUT2D eigenvalue weighted by Crippen LogP contribution is 2.38. The molecular weight excluding hydrogens is 202 g/mol. The van der Waals surface area contributed by atoms with E-state index in [2.05, 4.69) is 22.2 Å². The van der Waals surface area contributed by atoms with Crippen LogP contribution in [0.2, 0.25) is 0 Å². The predicted molar refractivity (Wildman–Crippen MR) is 62.6 cm³/mol. The van der Waals surface area contributed by atoms with Crippen LogP contribution in [0.5, 0.6) is 0 Å². The second-order valence-corrected chi connectivity index (χ2v) is 4.95. The van der Waals surface area contributed by atoms with E-state index in [0.717, 1.165) is 30.4 Å². The molecule has 2 unspecified atom stereocenters. The Labute approximate surface area is 94.5 Å². The third kappa shape index (κ3) is 1.96. The summed E-state index contributed by atoms with van der Waals surface area (Å²) in [7, 11) is 0. The molecule has 1 aromatic rings. The molecule has 86 valence electrons. The summed E-state index contributed by atoms with van der Waals surface area (Å²) in [6, 6.07) is 2.10. The summed E-state index contributed by atoms with van der Waals surface area (Å²) in [4.78, 5) is 18.8. The highest BCUT2D eigenvalue weighted by Gasteiger charge is 2.35. The lowest BCUT2D eigenvalue weighted by atomic mass is 10.3. The quantitative estimate of drug-likeness (QED) is 0.812. The van der Waals surface area contributed by atoms with Crippen LogP contribution in [0.1, 0.15) is 44.3 Å². The zero-order chi connectivity index (χ0) is 11.1. The SMILES string of the molecule is CCC1CC1Nc1cc(=O)[nH]c(C2CC2)n1. The van der Waals surface area contributed by atoms with Crippen LogP contribution in [0.3, 0.4) is 0 Å². The minimum atomic E-state index is -0.0342. The molecule has 3 rings (SSSR count). The van der Waals surface area contributed by atoms with Gasteiger partial charge in [0.2, 0.25) is 0 Å². The van der Waals surface area contributed by atoms with Crippen molar-refractivity contribution in [1.29, 1.82) is 0 Å². The molecule has 2 saturated carbocycles. The van der Waals surface area contributed by atoms with Crippen LogP contribution in [0.4, 0.5) is 5.82 Å². The van der Waals surface area contributed by atoms with Gasteiger partial charge in [0.25, 0.3) is 5.56 Å². The lowest BCUT2D eigenvalue weighted by molar-refractivity contribution is 0.771. The van der Waals surface area contributed by atoms with Crippen molar-refractivity contribution in [2.75, 3.05) is 5.32 Å². The van der Waals surface area contributed by atoms with Crippen molar-refractivity contribution in [1.82, 2.24) is 9.97 Å². The molecule has 2 atom stereocenters. The molecular formula is C12H17N3O. The third-order valence-electron chi connectivity index (χ3n) is 3.50. The number of hydrogen-bond donors (Lipinski definition) is 2. The highest BCUT2D eigenvalue weighted by atomic mass is 16.1. The van der Waals surface area contributed by atoms with Crippen molar-refractivity contribution < 1.29 is 0 Å². The first-order chi connectivity index (χ1) is 7.76. The minimum Gasteiger partial charge on any atom is -0.367 e. The number of nitrogens with one attached hydrogen (secondary N) is 2. The summed E-state index contributed by atoms with van der Waals surface area (Å²) in [6.45, 7) is 2.20. The van der Waals surface area contributed by atoms with Crippen LogP contribution >= 0.6 is 0 Å². The smallest absolute Gasteiger partial charge is 0.252 e. The van der Waals surface area contributed by atoms with Gasteiger partial charge in [-0.25, -0.2) is 4.98 Å². The molecule has 0 amide bonds. The Kier molecular flexibility index (Phi) is 2.23. The molecule has 0 aromatic carbocycles. The molecule has 0 spiro atoms. The van der Waals surface area contributed by atoms with Crippen LogP contribution in [0, 0.1) is 5.92 Å². The molecule has 2 N–H and O–H groups in total. The molecule has 4 nitrogen and oxygen atoms in total. The predicted octanol–water partition coefficient (Wildman–Crippen LogP) is 1.86. The minimum absolute atomic E-state index is 0.0342. The second-order valence-electron chi connectivity index (χ2n) is 4.95. The first-order valence-corrected chi connectivity index (χ1v) is 6.14. The zero-order valence-electron chi connectivity index (χ0n) is 9.49. The van der Waals surface area contributed by atoms with E-state index in [4.69, 9.17) is 0 Å². The molecule has 4 heteroatoms. The molecule has 2 aliphatic carbocycles. The molecule has 2 fully saturated rings. The highest BCUT2D eigenvalue weighted by molar-refractivity contribution is 5.37. The number of aromatic nitrogens is 2. The fourth-order valence-electron chi connectivity index (χ4n) is 2.17. The van der Waals surface area contributed by atoms with Crippen molar-refractivity contribution in [3.05, 3.63) is 22.2 Å². The second kappa shape index (κ2) is 3.61. The van der Waals surface area contributed by atoms with Crippen LogP contribution in [0.15, 0.2) is 10.9 Å². The summed E-state index contributed by atoms with van der Waals surface area (Å²) in [6.07, 6.45) is 4.74. The van der Waals surface area contributed by atoms with Crippen molar-refractivity contribution in [2.45, 2.75) is 44.6 Å². The van der Waals surface area contributed by atoms with Gasteiger partial charge in [-0.1, -0.05) is 13.3 Å².